The number of aryl methyl sites for hydroxylation is 2. The molecule has 1 aromatic rings. The van der Waals surface area contributed by atoms with Crippen LogP contribution >= 0.6 is 0 Å². The predicted octanol–water partition coefficient (Wildman–Crippen LogP) is 1.44. The summed E-state index contributed by atoms with van der Waals surface area (Å²) in [7, 11) is 1.70. The molecule has 1 aliphatic carbocycles. The number of hydrogen-bond acceptors (Lipinski definition) is 2. The number of amides is 3. The zero-order valence-corrected chi connectivity index (χ0v) is 11.0. The third kappa shape index (κ3) is 2.28. The van der Waals surface area contributed by atoms with Gasteiger partial charge in [0.05, 0.1) is 6.67 Å². The molecule has 0 spiro atoms. The van der Waals surface area contributed by atoms with E-state index in [9.17, 15) is 9.59 Å². The van der Waals surface area contributed by atoms with E-state index in [0.29, 0.717) is 6.67 Å². The molecule has 5 heteroatoms. The highest BCUT2D eigenvalue weighted by Gasteiger charge is 2.28. The number of nitrogens with zero attached hydrogens (tertiary/aromatic N) is 2. The van der Waals surface area contributed by atoms with Crippen molar-refractivity contribution in [1.29, 1.82) is 0 Å². The maximum atomic E-state index is 12.0. The van der Waals surface area contributed by atoms with Crippen LogP contribution < -0.4 is 5.32 Å². The van der Waals surface area contributed by atoms with Crippen LogP contribution in [0.3, 0.4) is 0 Å². The molecule has 0 saturated carbocycles. The van der Waals surface area contributed by atoms with E-state index in [1.54, 1.807) is 11.9 Å². The highest BCUT2D eigenvalue weighted by molar-refractivity contribution is 5.94. The Morgan fingerprint density at radius 1 is 1.26 bits per heavy atom. The van der Waals surface area contributed by atoms with Gasteiger partial charge in [-0.15, -0.1) is 0 Å². The zero-order chi connectivity index (χ0) is 13.4. The molecule has 1 heterocycles. The monoisotopic (exact) mass is 259 g/mol. The van der Waals surface area contributed by atoms with Crippen LogP contribution in [0.4, 0.5) is 10.5 Å². The normalized spacial score (nSPS) is 17.8. The summed E-state index contributed by atoms with van der Waals surface area (Å²) in [6.07, 6.45) is 3.41. The molecule has 3 rings (SSSR count). The highest BCUT2D eigenvalue weighted by Crippen LogP contribution is 2.25. The zero-order valence-electron chi connectivity index (χ0n) is 11.0. The fraction of sp³-hybridized carbons (Fsp3) is 0.429. The van der Waals surface area contributed by atoms with Gasteiger partial charge in [-0.05, 0) is 42.5 Å². The van der Waals surface area contributed by atoms with E-state index in [2.05, 4.69) is 11.4 Å². The van der Waals surface area contributed by atoms with Gasteiger partial charge in [-0.2, -0.15) is 0 Å². The van der Waals surface area contributed by atoms with Gasteiger partial charge < -0.3 is 10.2 Å². The average Bonchev–Trinajstić information content (AvgIpc) is 2.96. The van der Waals surface area contributed by atoms with Gasteiger partial charge in [0.25, 0.3) is 0 Å². The molecule has 5 nitrogen and oxygen atoms in total. The van der Waals surface area contributed by atoms with Crippen molar-refractivity contribution in [3.63, 3.8) is 0 Å². The first kappa shape index (κ1) is 12.0. The van der Waals surface area contributed by atoms with Crippen LogP contribution in [0.1, 0.15) is 17.5 Å². The van der Waals surface area contributed by atoms with Crippen molar-refractivity contribution in [3.8, 4) is 0 Å². The van der Waals surface area contributed by atoms with Crippen molar-refractivity contribution in [3.05, 3.63) is 29.3 Å². The second kappa shape index (κ2) is 4.57. The Labute approximate surface area is 112 Å². The second-order valence-electron chi connectivity index (χ2n) is 5.20. The molecule has 0 aromatic heterocycles. The average molecular weight is 259 g/mol. The molecule has 19 heavy (non-hydrogen) atoms. The Kier molecular flexibility index (Phi) is 2.89. The Hall–Kier alpha value is -2.04. The minimum absolute atomic E-state index is 0.0240. The van der Waals surface area contributed by atoms with Gasteiger partial charge in [-0.1, -0.05) is 6.07 Å². The lowest BCUT2D eigenvalue weighted by molar-refractivity contribution is -0.125. The molecule has 0 atom stereocenters. The predicted molar refractivity (Wildman–Crippen MR) is 71.8 cm³/mol. The fourth-order valence-electron chi connectivity index (χ4n) is 2.66. The van der Waals surface area contributed by atoms with Crippen LogP contribution in [0, 0.1) is 0 Å². The minimum atomic E-state index is -0.212. The van der Waals surface area contributed by atoms with Crippen LogP contribution in [0.5, 0.6) is 0 Å². The van der Waals surface area contributed by atoms with E-state index in [1.165, 1.54) is 22.4 Å². The molecule has 0 radical (unpaired) electrons. The molecular formula is C14H17N3O2. The van der Waals surface area contributed by atoms with Gasteiger partial charge in [0.2, 0.25) is 5.91 Å². The standard InChI is InChI=1S/C14H17N3O2/c1-16-9-17(8-13(16)18)14(19)15-12-6-5-10-3-2-4-11(10)7-12/h5-7H,2-4,8-9H2,1H3,(H,15,19). The first-order chi connectivity index (χ1) is 9.13. The van der Waals surface area contributed by atoms with Gasteiger partial charge in [0, 0.05) is 12.7 Å². The second-order valence-corrected chi connectivity index (χ2v) is 5.20. The van der Waals surface area contributed by atoms with Gasteiger partial charge in [0.1, 0.15) is 6.54 Å². The minimum Gasteiger partial charge on any atom is -0.326 e. The van der Waals surface area contributed by atoms with Crippen molar-refractivity contribution in [1.82, 2.24) is 9.80 Å². The lowest BCUT2D eigenvalue weighted by Gasteiger charge is -2.16. The first-order valence-electron chi connectivity index (χ1n) is 6.55. The van der Waals surface area contributed by atoms with Gasteiger partial charge in [0.15, 0.2) is 0 Å². The van der Waals surface area contributed by atoms with Crippen LogP contribution in [-0.2, 0) is 17.6 Å². The summed E-state index contributed by atoms with van der Waals surface area (Å²) in [4.78, 5) is 26.5. The molecule has 0 unspecified atom stereocenters. The molecular weight excluding hydrogens is 242 g/mol. The van der Waals surface area contributed by atoms with Crippen molar-refractivity contribution < 1.29 is 9.59 Å². The largest absolute Gasteiger partial charge is 0.326 e. The van der Waals surface area contributed by atoms with Gasteiger partial charge >= 0.3 is 6.03 Å². The number of hydrogen-bond donors (Lipinski definition) is 1. The van der Waals surface area contributed by atoms with Crippen molar-refractivity contribution in [2.45, 2.75) is 19.3 Å². The van der Waals surface area contributed by atoms with E-state index < -0.39 is 0 Å². The lowest BCUT2D eigenvalue weighted by atomic mass is 10.1. The van der Waals surface area contributed by atoms with Crippen LogP contribution in [0.25, 0.3) is 0 Å². The number of carbonyl (C=O) groups excluding carboxylic acids is 2. The Morgan fingerprint density at radius 3 is 2.79 bits per heavy atom. The molecule has 1 N–H and O–H groups in total. The maximum Gasteiger partial charge on any atom is 0.323 e. The molecule has 1 aliphatic heterocycles. The van der Waals surface area contributed by atoms with E-state index in [-0.39, 0.29) is 18.5 Å². The number of nitrogens with one attached hydrogen (secondary N) is 1. The quantitative estimate of drug-likeness (QED) is 0.829. The van der Waals surface area contributed by atoms with Crippen molar-refractivity contribution in [2.24, 2.45) is 0 Å². The lowest BCUT2D eigenvalue weighted by Crippen LogP contribution is -2.34. The number of rotatable bonds is 1. The molecule has 1 fully saturated rings. The number of benzene rings is 1. The van der Waals surface area contributed by atoms with E-state index in [1.807, 2.05) is 12.1 Å². The third-order valence-electron chi connectivity index (χ3n) is 3.77. The molecule has 0 bridgehead atoms. The van der Waals surface area contributed by atoms with Gasteiger partial charge in [-0.3, -0.25) is 9.69 Å². The number of likely N-dealkylation sites (N-methyl/N-ethyl adjacent to an activating group) is 1. The van der Waals surface area contributed by atoms with Crippen LogP contribution in [-0.4, -0.2) is 42.0 Å². The summed E-state index contributed by atoms with van der Waals surface area (Å²) in [6.45, 7) is 0.517. The highest BCUT2D eigenvalue weighted by atomic mass is 16.2. The smallest absolute Gasteiger partial charge is 0.323 e. The number of fused-ring (bicyclic) bond motifs is 1. The summed E-state index contributed by atoms with van der Waals surface area (Å²) in [5.41, 5.74) is 3.52. The Bertz CT molecular complexity index is 541. The summed E-state index contributed by atoms with van der Waals surface area (Å²) < 4.78 is 0. The molecule has 100 valence electrons. The van der Waals surface area contributed by atoms with Crippen LogP contribution in [0.15, 0.2) is 18.2 Å². The third-order valence-corrected chi connectivity index (χ3v) is 3.77. The van der Waals surface area contributed by atoms with E-state index in [0.717, 1.165) is 18.5 Å². The molecule has 1 saturated heterocycles. The number of carbonyl (C=O) groups is 2. The summed E-state index contributed by atoms with van der Waals surface area (Å²) in [5.74, 6) is -0.0240. The summed E-state index contributed by atoms with van der Waals surface area (Å²) in [6, 6.07) is 5.85. The number of anilines is 1. The van der Waals surface area contributed by atoms with E-state index >= 15 is 0 Å². The Morgan fingerprint density at radius 2 is 2.05 bits per heavy atom. The first-order valence-corrected chi connectivity index (χ1v) is 6.55. The van der Waals surface area contributed by atoms with Crippen LogP contribution in [0.2, 0.25) is 0 Å². The summed E-state index contributed by atoms with van der Waals surface area (Å²) >= 11 is 0. The molecule has 2 aliphatic rings. The van der Waals surface area contributed by atoms with Gasteiger partial charge in [-0.25, -0.2) is 4.79 Å². The van der Waals surface area contributed by atoms with E-state index in [4.69, 9.17) is 0 Å². The summed E-state index contributed by atoms with van der Waals surface area (Å²) in [5, 5.41) is 2.86. The fourth-order valence-corrected chi connectivity index (χ4v) is 2.66. The maximum absolute atomic E-state index is 12.0. The Balaban J connectivity index is 1.68. The molecule has 3 amide bonds. The van der Waals surface area contributed by atoms with Crippen molar-refractivity contribution >= 4 is 17.6 Å². The topological polar surface area (TPSA) is 52.6 Å². The van der Waals surface area contributed by atoms with Crippen molar-refractivity contribution in [2.75, 3.05) is 25.6 Å². The SMILES string of the molecule is CN1CN(C(=O)Nc2ccc3c(c2)CCC3)CC1=O. The number of urea groups is 1. The molecule has 1 aromatic carbocycles.